The Morgan fingerprint density at radius 3 is 2.24 bits per heavy atom. The Morgan fingerprint density at radius 2 is 1.71 bits per heavy atom. The summed E-state index contributed by atoms with van der Waals surface area (Å²) in [7, 11) is 1.60. The third-order valence-corrected chi connectivity index (χ3v) is 7.11. The lowest BCUT2D eigenvalue weighted by Gasteiger charge is -2.12. The van der Waals surface area contributed by atoms with Crippen molar-refractivity contribution in [2.45, 2.75) is 17.5 Å². The van der Waals surface area contributed by atoms with Crippen molar-refractivity contribution in [2.75, 3.05) is 33.5 Å². The van der Waals surface area contributed by atoms with Crippen LogP contribution in [0.15, 0.2) is 47.4 Å². The van der Waals surface area contributed by atoms with Crippen LogP contribution in [0.2, 0.25) is 5.02 Å². The fourth-order valence-electron chi connectivity index (χ4n) is 3.38. The largest absolute Gasteiger partial charge is 0.495 e. The van der Waals surface area contributed by atoms with Crippen molar-refractivity contribution in [2.24, 2.45) is 0 Å². The van der Waals surface area contributed by atoms with Gasteiger partial charge in [-0.05, 0) is 56.9 Å². The van der Waals surface area contributed by atoms with Crippen LogP contribution in [0.4, 0.5) is 13.2 Å². The first-order valence-corrected chi connectivity index (χ1v) is 11.9. The molecule has 1 aromatic heterocycles. The Bertz CT molecular complexity index is 1230. The second kappa shape index (κ2) is 11.0. The van der Waals surface area contributed by atoms with Crippen LogP contribution in [-0.4, -0.2) is 57.0 Å². The highest BCUT2D eigenvalue weighted by Gasteiger charge is 2.38. The Kier molecular flexibility index (Phi) is 9.04. The molecule has 2 aromatic carbocycles. The van der Waals surface area contributed by atoms with Gasteiger partial charge in [0.25, 0.3) is 0 Å². The predicted molar refractivity (Wildman–Crippen MR) is 128 cm³/mol. The molecule has 186 valence electrons. The number of alkyl halides is 3. The molecule has 0 aliphatic carbocycles. The smallest absolute Gasteiger partial charge is 0.435 e. The van der Waals surface area contributed by atoms with E-state index in [9.17, 15) is 21.6 Å². The summed E-state index contributed by atoms with van der Waals surface area (Å²) >= 11 is 6.14. The molecule has 0 saturated carbocycles. The van der Waals surface area contributed by atoms with E-state index in [1.54, 1.807) is 0 Å². The molecule has 12 heteroatoms. The highest BCUT2D eigenvalue weighted by Crippen LogP contribution is 2.42. The zero-order chi connectivity index (χ0) is 24.4. The van der Waals surface area contributed by atoms with E-state index in [0.717, 1.165) is 0 Å². The highest BCUT2D eigenvalue weighted by atomic mass is 35.5. The monoisotopic (exact) mass is 537 g/mol. The maximum absolute atomic E-state index is 13.7. The topological polar surface area (TPSA) is 75.3 Å². The number of aromatic nitrogens is 2. The molecule has 0 atom stereocenters. The van der Waals surface area contributed by atoms with Gasteiger partial charge in [0.2, 0.25) is 0 Å². The number of methoxy groups -OCH3 is 1. The molecule has 0 radical (unpaired) electrons. The highest BCUT2D eigenvalue weighted by molar-refractivity contribution is 7.91. The van der Waals surface area contributed by atoms with Gasteiger partial charge in [-0.2, -0.15) is 18.3 Å². The standard InChI is InChI=1S/C22H23ClF3N3O3S.ClH/c1-29(2)11-4-12-33(30,31)16-8-5-14(6-9-16)20-19(21(28-27-20)22(24,25)26)15-7-10-18(32-3)17(23)13-15;/h5-10,13H,4,11-12H2,1-3H3,(H,27,28);1H. The Morgan fingerprint density at radius 1 is 1.09 bits per heavy atom. The van der Waals surface area contributed by atoms with Crippen molar-refractivity contribution in [3.63, 3.8) is 0 Å². The number of aromatic amines is 1. The van der Waals surface area contributed by atoms with Crippen LogP contribution in [0.5, 0.6) is 5.75 Å². The number of H-pyrrole nitrogens is 1. The average molecular weight is 538 g/mol. The summed E-state index contributed by atoms with van der Waals surface area (Å²) in [5.41, 5.74) is -0.641. The first-order chi connectivity index (χ1) is 15.4. The molecular formula is C22H24Cl2F3N3O3S. The number of benzene rings is 2. The third-order valence-electron chi connectivity index (χ3n) is 5.00. The molecule has 0 bridgehead atoms. The summed E-state index contributed by atoms with van der Waals surface area (Å²) in [5.74, 6) is 0.297. The second-order valence-corrected chi connectivity index (χ2v) is 10.2. The molecule has 0 aliphatic heterocycles. The summed E-state index contributed by atoms with van der Waals surface area (Å²) in [5, 5.41) is 6.09. The number of sulfone groups is 1. The van der Waals surface area contributed by atoms with Gasteiger partial charge < -0.3 is 9.64 Å². The molecule has 1 heterocycles. The number of rotatable bonds is 8. The summed E-state index contributed by atoms with van der Waals surface area (Å²) < 4.78 is 71.3. The number of ether oxygens (including phenoxy) is 1. The minimum atomic E-state index is -4.72. The van der Waals surface area contributed by atoms with Crippen LogP contribution in [-0.2, 0) is 16.0 Å². The molecule has 1 N–H and O–H groups in total. The van der Waals surface area contributed by atoms with Crippen LogP contribution < -0.4 is 4.74 Å². The van der Waals surface area contributed by atoms with Crippen LogP contribution in [0, 0.1) is 0 Å². The molecular weight excluding hydrogens is 514 g/mol. The molecule has 0 unspecified atom stereocenters. The SMILES string of the molecule is COc1ccc(-c2c(C(F)(F)F)n[nH]c2-c2ccc(S(=O)(=O)CCCN(C)C)cc2)cc1Cl.Cl. The van der Waals surface area contributed by atoms with Crippen molar-refractivity contribution in [3.8, 4) is 28.1 Å². The first kappa shape index (κ1) is 28.0. The second-order valence-electron chi connectivity index (χ2n) is 7.67. The van der Waals surface area contributed by atoms with Crippen LogP contribution in [0.3, 0.4) is 0 Å². The van der Waals surface area contributed by atoms with Gasteiger partial charge in [0.1, 0.15) is 5.75 Å². The van der Waals surface area contributed by atoms with Gasteiger partial charge in [-0.25, -0.2) is 8.42 Å². The number of nitrogens with zero attached hydrogens (tertiary/aromatic N) is 2. The third kappa shape index (κ3) is 6.24. The van der Waals surface area contributed by atoms with E-state index in [-0.39, 0.29) is 44.9 Å². The van der Waals surface area contributed by atoms with Crippen molar-refractivity contribution < 1.29 is 26.3 Å². The number of hydrogen-bond acceptors (Lipinski definition) is 5. The van der Waals surface area contributed by atoms with Gasteiger partial charge in [0.15, 0.2) is 15.5 Å². The van der Waals surface area contributed by atoms with Crippen LogP contribution in [0.25, 0.3) is 22.4 Å². The van der Waals surface area contributed by atoms with E-state index in [1.807, 2.05) is 19.0 Å². The summed E-state index contributed by atoms with van der Waals surface area (Å²) in [4.78, 5) is 2.00. The van der Waals surface area contributed by atoms with Crippen LogP contribution >= 0.6 is 24.0 Å². The average Bonchev–Trinajstić information content (AvgIpc) is 3.19. The fraction of sp³-hybridized carbons (Fsp3) is 0.318. The minimum Gasteiger partial charge on any atom is -0.495 e. The zero-order valence-electron chi connectivity index (χ0n) is 18.6. The molecule has 0 fully saturated rings. The molecule has 3 aromatic rings. The van der Waals surface area contributed by atoms with Crippen molar-refractivity contribution in [1.29, 1.82) is 0 Å². The van der Waals surface area contributed by atoms with Crippen LogP contribution in [0.1, 0.15) is 12.1 Å². The van der Waals surface area contributed by atoms with E-state index in [0.29, 0.717) is 24.3 Å². The Balaban J connectivity index is 0.00000408. The Hall–Kier alpha value is -2.27. The van der Waals surface area contributed by atoms with Gasteiger partial charge >= 0.3 is 6.18 Å². The quantitative estimate of drug-likeness (QED) is 0.406. The molecule has 0 amide bonds. The number of nitrogens with one attached hydrogen (secondary N) is 1. The summed E-state index contributed by atoms with van der Waals surface area (Å²) in [6.45, 7) is 0.624. The van der Waals surface area contributed by atoms with E-state index < -0.39 is 21.7 Å². The van der Waals surface area contributed by atoms with Gasteiger partial charge in [-0.3, -0.25) is 5.10 Å². The van der Waals surface area contributed by atoms with Crippen molar-refractivity contribution in [1.82, 2.24) is 15.1 Å². The summed E-state index contributed by atoms with van der Waals surface area (Å²) in [6, 6.07) is 9.99. The van der Waals surface area contributed by atoms with Crippen molar-refractivity contribution in [3.05, 3.63) is 53.2 Å². The fourth-order valence-corrected chi connectivity index (χ4v) is 4.93. The predicted octanol–water partition coefficient (Wildman–Crippen LogP) is 5.57. The van der Waals surface area contributed by atoms with Gasteiger partial charge in [-0.1, -0.05) is 29.8 Å². The first-order valence-electron chi connectivity index (χ1n) is 9.91. The minimum absolute atomic E-state index is 0. The molecule has 0 saturated heterocycles. The lowest BCUT2D eigenvalue weighted by molar-refractivity contribution is -0.140. The molecule has 6 nitrogen and oxygen atoms in total. The maximum Gasteiger partial charge on any atom is 0.435 e. The van der Waals surface area contributed by atoms with Gasteiger partial charge in [-0.15, -0.1) is 12.4 Å². The molecule has 34 heavy (non-hydrogen) atoms. The van der Waals surface area contributed by atoms with Gasteiger partial charge in [0, 0.05) is 11.1 Å². The Labute approximate surface area is 207 Å². The van der Waals surface area contributed by atoms with E-state index in [4.69, 9.17) is 16.3 Å². The summed E-state index contributed by atoms with van der Waals surface area (Å²) in [6.07, 6.45) is -4.25. The zero-order valence-corrected chi connectivity index (χ0v) is 21.0. The van der Waals surface area contributed by atoms with E-state index in [1.165, 1.54) is 49.6 Å². The molecule has 3 rings (SSSR count). The van der Waals surface area contributed by atoms with E-state index >= 15 is 0 Å². The molecule has 0 spiro atoms. The van der Waals surface area contributed by atoms with Gasteiger partial charge in [0.05, 0.1) is 28.5 Å². The van der Waals surface area contributed by atoms with Crippen molar-refractivity contribution >= 4 is 33.8 Å². The number of halogens is 5. The number of hydrogen-bond donors (Lipinski definition) is 1. The maximum atomic E-state index is 13.7. The normalized spacial score (nSPS) is 12.0. The lowest BCUT2D eigenvalue weighted by atomic mass is 9.98. The molecule has 0 aliphatic rings. The van der Waals surface area contributed by atoms with E-state index in [2.05, 4.69) is 10.2 Å². The lowest BCUT2D eigenvalue weighted by Crippen LogP contribution is -2.17.